The maximum atomic E-state index is 12.6. The minimum Gasteiger partial charge on any atom is -0.477 e. The largest absolute Gasteiger partial charge is 0.477 e. The number of carboxylic acids is 1. The monoisotopic (exact) mass is 466 g/mol. The number of thiophene rings is 1. The molecule has 0 radical (unpaired) electrons. The topological polar surface area (TPSA) is 71.5 Å². The summed E-state index contributed by atoms with van der Waals surface area (Å²) in [6, 6.07) is 4.05. The number of alkyl halides is 3. The molecule has 0 atom stereocenters. The Morgan fingerprint density at radius 3 is 2.44 bits per heavy atom. The van der Waals surface area contributed by atoms with Crippen molar-refractivity contribution in [1.29, 1.82) is 0 Å². The molecule has 0 aliphatic heterocycles. The van der Waals surface area contributed by atoms with Crippen molar-refractivity contribution in [2.75, 3.05) is 5.32 Å². The molecule has 2 N–H and O–H groups in total. The summed E-state index contributed by atoms with van der Waals surface area (Å²) in [5.74, 6) is 5.34. The molecule has 0 saturated heterocycles. The van der Waals surface area contributed by atoms with E-state index in [2.05, 4.69) is 22.1 Å². The zero-order valence-electron chi connectivity index (χ0n) is 18.0. The Balaban J connectivity index is 1.58. The predicted molar refractivity (Wildman–Crippen MR) is 117 cm³/mol. The number of hydrogen-bond donors (Lipinski definition) is 2. The number of halogens is 3. The van der Waals surface area contributed by atoms with E-state index >= 15 is 0 Å². The number of carbonyl (C=O) groups is 1. The highest BCUT2D eigenvalue weighted by atomic mass is 32.1. The quantitative estimate of drug-likeness (QED) is 0.524. The van der Waals surface area contributed by atoms with Gasteiger partial charge in [0, 0.05) is 23.7 Å². The number of ether oxygens (including phenoxy) is 1. The SMILES string of the molecule is CC(C)(C)C#Cc1cc(NC2CCC(Oc3ccc(C(F)(F)F)cn3)CC2)c(C(=O)O)s1. The standard InChI is InChI=1S/C23H25F3N2O3S/c1-22(2,3)11-10-17-12-18(20(32-17)21(29)30)28-15-5-7-16(8-6-15)31-19-9-4-14(13-27-19)23(24,25)26/h4,9,12-13,15-16,28H,5-8H2,1-3H3,(H,29,30). The summed E-state index contributed by atoms with van der Waals surface area (Å²) in [6.07, 6.45) is -0.956. The molecule has 1 fully saturated rings. The van der Waals surface area contributed by atoms with Crippen molar-refractivity contribution in [3.05, 3.63) is 39.7 Å². The van der Waals surface area contributed by atoms with Crippen LogP contribution in [0.25, 0.3) is 0 Å². The maximum Gasteiger partial charge on any atom is 0.417 e. The number of rotatable bonds is 5. The van der Waals surface area contributed by atoms with Gasteiger partial charge in [0.2, 0.25) is 5.88 Å². The van der Waals surface area contributed by atoms with Gasteiger partial charge in [-0.3, -0.25) is 0 Å². The molecule has 1 aliphatic rings. The molecule has 2 aromatic rings. The zero-order valence-corrected chi connectivity index (χ0v) is 18.9. The van der Waals surface area contributed by atoms with E-state index in [-0.39, 0.29) is 28.3 Å². The molecule has 1 saturated carbocycles. The van der Waals surface area contributed by atoms with Gasteiger partial charge in [0.05, 0.1) is 16.1 Å². The average molecular weight is 467 g/mol. The summed E-state index contributed by atoms with van der Waals surface area (Å²) < 4.78 is 43.7. The fraction of sp³-hybridized carbons (Fsp3) is 0.478. The lowest BCUT2D eigenvalue weighted by Gasteiger charge is -2.29. The summed E-state index contributed by atoms with van der Waals surface area (Å²) in [4.78, 5) is 16.3. The lowest BCUT2D eigenvalue weighted by atomic mass is 9.92. The lowest BCUT2D eigenvalue weighted by Crippen LogP contribution is -2.31. The molecule has 0 spiro atoms. The molecule has 172 valence electrons. The smallest absolute Gasteiger partial charge is 0.417 e. The Morgan fingerprint density at radius 1 is 1.22 bits per heavy atom. The molecule has 0 unspecified atom stereocenters. The number of carboxylic acid groups (broad SMARTS) is 1. The second kappa shape index (κ2) is 9.41. The maximum absolute atomic E-state index is 12.6. The van der Waals surface area contributed by atoms with Crippen LogP contribution in [0.3, 0.4) is 0 Å². The summed E-state index contributed by atoms with van der Waals surface area (Å²) in [6.45, 7) is 5.97. The fourth-order valence-electron chi connectivity index (χ4n) is 3.30. The molecular formula is C23H25F3N2O3S. The van der Waals surface area contributed by atoms with Crippen molar-refractivity contribution in [2.24, 2.45) is 5.41 Å². The first-order valence-corrected chi connectivity index (χ1v) is 11.1. The molecule has 0 amide bonds. The molecule has 32 heavy (non-hydrogen) atoms. The van der Waals surface area contributed by atoms with Crippen LogP contribution in [-0.4, -0.2) is 28.2 Å². The normalized spacial score (nSPS) is 19.1. The third kappa shape index (κ3) is 6.63. The second-order valence-corrected chi connectivity index (χ2v) is 9.83. The molecule has 3 rings (SSSR count). The van der Waals surface area contributed by atoms with Crippen LogP contribution >= 0.6 is 11.3 Å². The van der Waals surface area contributed by atoms with Crippen LogP contribution in [0.5, 0.6) is 5.88 Å². The first-order chi connectivity index (χ1) is 14.9. The van der Waals surface area contributed by atoms with Crippen LogP contribution in [0.2, 0.25) is 0 Å². The van der Waals surface area contributed by atoms with Crippen molar-refractivity contribution in [3.63, 3.8) is 0 Å². The molecule has 1 aliphatic carbocycles. The van der Waals surface area contributed by atoms with Gasteiger partial charge in [0.1, 0.15) is 11.0 Å². The summed E-state index contributed by atoms with van der Waals surface area (Å²) in [5, 5.41) is 12.9. The molecule has 0 aromatic carbocycles. The first-order valence-electron chi connectivity index (χ1n) is 10.3. The average Bonchev–Trinajstić information content (AvgIpc) is 3.10. The van der Waals surface area contributed by atoms with Crippen LogP contribution in [0.15, 0.2) is 24.4 Å². The van der Waals surface area contributed by atoms with E-state index in [1.54, 1.807) is 6.07 Å². The Kier molecular flexibility index (Phi) is 7.03. The Morgan fingerprint density at radius 2 is 1.91 bits per heavy atom. The highest BCUT2D eigenvalue weighted by Crippen LogP contribution is 2.32. The summed E-state index contributed by atoms with van der Waals surface area (Å²) >= 11 is 1.15. The van der Waals surface area contributed by atoms with Gasteiger partial charge in [-0.2, -0.15) is 13.2 Å². The van der Waals surface area contributed by atoms with E-state index in [4.69, 9.17) is 4.74 Å². The van der Waals surface area contributed by atoms with Gasteiger partial charge in [0.15, 0.2) is 0 Å². The zero-order chi connectivity index (χ0) is 23.5. The van der Waals surface area contributed by atoms with E-state index in [1.165, 1.54) is 6.07 Å². The third-order valence-electron chi connectivity index (χ3n) is 4.87. The molecule has 0 bridgehead atoms. The molecule has 2 heterocycles. The predicted octanol–water partition coefficient (Wildman–Crippen LogP) is 6.06. The Bertz CT molecular complexity index is 1010. The van der Waals surface area contributed by atoms with Crippen LogP contribution < -0.4 is 10.1 Å². The Hall–Kier alpha value is -2.73. The number of nitrogens with one attached hydrogen (secondary N) is 1. The number of aromatic nitrogens is 1. The van der Waals surface area contributed by atoms with Crippen molar-refractivity contribution < 1.29 is 27.8 Å². The molecule has 5 nitrogen and oxygen atoms in total. The van der Waals surface area contributed by atoms with E-state index < -0.39 is 17.7 Å². The number of nitrogens with zero attached hydrogens (tertiary/aromatic N) is 1. The van der Waals surface area contributed by atoms with Gasteiger partial charge < -0.3 is 15.2 Å². The molecule has 2 aromatic heterocycles. The molecular weight excluding hydrogens is 441 g/mol. The van der Waals surface area contributed by atoms with Gasteiger partial charge in [-0.15, -0.1) is 11.3 Å². The van der Waals surface area contributed by atoms with Gasteiger partial charge in [-0.05, 0) is 58.6 Å². The van der Waals surface area contributed by atoms with E-state index in [0.29, 0.717) is 23.4 Å². The number of hydrogen-bond acceptors (Lipinski definition) is 5. The molecule has 9 heteroatoms. The lowest BCUT2D eigenvalue weighted by molar-refractivity contribution is -0.137. The third-order valence-corrected chi connectivity index (χ3v) is 5.91. The van der Waals surface area contributed by atoms with Gasteiger partial charge in [-0.1, -0.05) is 11.8 Å². The summed E-state index contributed by atoms with van der Waals surface area (Å²) in [5.41, 5.74) is -0.426. The second-order valence-electron chi connectivity index (χ2n) is 8.78. The van der Waals surface area contributed by atoms with Crippen LogP contribution in [-0.2, 0) is 6.18 Å². The van der Waals surface area contributed by atoms with E-state index in [9.17, 15) is 23.1 Å². The fourth-order valence-corrected chi connectivity index (χ4v) is 4.12. The van der Waals surface area contributed by atoms with Crippen molar-refractivity contribution >= 4 is 23.0 Å². The van der Waals surface area contributed by atoms with Gasteiger partial charge >= 0.3 is 12.1 Å². The van der Waals surface area contributed by atoms with Gasteiger partial charge in [-0.25, -0.2) is 9.78 Å². The summed E-state index contributed by atoms with van der Waals surface area (Å²) in [7, 11) is 0. The van der Waals surface area contributed by atoms with Crippen molar-refractivity contribution in [1.82, 2.24) is 4.98 Å². The highest BCUT2D eigenvalue weighted by molar-refractivity contribution is 7.15. The van der Waals surface area contributed by atoms with Crippen molar-refractivity contribution in [3.8, 4) is 17.7 Å². The van der Waals surface area contributed by atoms with Crippen LogP contribution in [0, 0.1) is 17.3 Å². The van der Waals surface area contributed by atoms with Crippen molar-refractivity contribution in [2.45, 2.75) is 64.8 Å². The minimum absolute atomic E-state index is 0.0755. The van der Waals surface area contributed by atoms with E-state index in [0.717, 1.165) is 36.4 Å². The number of aromatic carboxylic acids is 1. The Labute approximate surface area is 189 Å². The van der Waals surface area contributed by atoms with E-state index in [1.807, 2.05) is 20.8 Å². The minimum atomic E-state index is -4.43. The number of pyridine rings is 1. The first kappa shape index (κ1) is 23.9. The number of anilines is 1. The van der Waals surface area contributed by atoms with Gasteiger partial charge in [0.25, 0.3) is 0 Å². The van der Waals surface area contributed by atoms with Crippen LogP contribution in [0.1, 0.15) is 66.6 Å². The van der Waals surface area contributed by atoms with Crippen LogP contribution in [0.4, 0.5) is 18.9 Å². The highest BCUT2D eigenvalue weighted by Gasteiger charge is 2.31.